The number of amides is 1. The highest BCUT2D eigenvalue weighted by molar-refractivity contribution is 5.86. The highest BCUT2D eigenvalue weighted by Crippen LogP contribution is 2.29. The third-order valence-electron chi connectivity index (χ3n) is 3.95. The molecule has 2 rings (SSSR count). The van der Waals surface area contributed by atoms with Gasteiger partial charge in [0.1, 0.15) is 5.75 Å². The minimum Gasteiger partial charge on any atom is -0.494 e. The molecule has 0 bridgehead atoms. The van der Waals surface area contributed by atoms with Crippen LogP contribution < -0.4 is 10.5 Å². The predicted molar refractivity (Wildman–Crippen MR) is 79.5 cm³/mol. The Bertz CT molecular complexity index is 467. The van der Waals surface area contributed by atoms with E-state index in [0.29, 0.717) is 13.2 Å². The van der Waals surface area contributed by atoms with Crippen molar-refractivity contribution < 1.29 is 9.53 Å². The Morgan fingerprint density at radius 3 is 2.65 bits per heavy atom. The zero-order valence-corrected chi connectivity index (χ0v) is 12.4. The number of carbonyl (C=O) groups is 1. The fourth-order valence-electron chi connectivity index (χ4n) is 2.86. The molecule has 0 saturated heterocycles. The van der Waals surface area contributed by atoms with Crippen molar-refractivity contribution >= 4 is 5.91 Å². The number of likely N-dealkylation sites (N-methyl/N-ethyl adjacent to an activating group) is 1. The molecular weight excluding hydrogens is 252 g/mol. The van der Waals surface area contributed by atoms with E-state index < -0.39 is 5.54 Å². The maximum atomic E-state index is 12.5. The first kappa shape index (κ1) is 14.9. The number of hydrogen-bond donors (Lipinski definition) is 1. The van der Waals surface area contributed by atoms with Crippen molar-refractivity contribution in [3.05, 3.63) is 29.8 Å². The molecule has 1 aromatic rings. The largest absolute Gasteiger partial charge is 0.494 e. The van der Waals surface area contributed by atoms with Gasteiger partial charge in [0.2, 0.25) is 5.91 Å². The molecule has 4 heteroatoms. The Kier molecular flexibility index (Phi) is 4.65. The Morgan fingerprint density at radius 1 is 1.35 bits per heavy atom. The maximum Gasteiger partial charge on any atom is 0.242 e. The summed E-state index contributed by atoms with van der Waals surface area (Å²) >= 11 is 0. The van der Waals surface area contributed by atoms with Crippen LogP contribution in [0.2, 0.25) is 0 Å². The van der Waals surface area contributed by atoms with Gasteiger partial charge >= 0.3 is 0 Å². The van der Waals surface area contributed by atoms with Gasteiger partial charge in [0.25, 0.3) is 0 Å². The van der Waals surface area contributed by atoms with Gasteiger partial charge in [-0.1, -0.05) is 31.0 Å². The summed E-state index contributed by atoms with van der Waals surface area (Å²) in [5, 5.41) is 0. The topological polar surface area (TPSA) is 55.6 Å². The van der Waals surface area contributed by atoms with Gasteiger partial charge in [-0.3, -0.25) is 4.79 Å². The standard InChI is InChI=1S/C16H24N2O2/c1-3-20-14-9-5-4-8-13(14)12-18(2)15(19)16(17)10-6-7-11-16/h4-5,8-9H,3,6-7,10-12,17H2,1-2H3. The Balaban J connectivity index is 2.07. The van der Waals surface area contributed by atoms with Crippen molar-refractivity contribution in [2.24, 2.45) is 5.73 Å². The Hall–Kier alpha value is -1.55. The monoisotopic (exact) mass is 276 g/mol. The smallest absolute Gasteiger partial charge is 0.242 e. The van der Waals surface area contributed by atoms with Crippen molar-refractivity contribution in [3.63, 3.8) is 0 Å². The summed E-state index contributed by atoms with van der Waals surface area (Å²) in [6.07, 6.45) is 3.68. The molecule has 1 saturated carbocycles. The lowest BCUT2D eigenvalue weighted by Crippen LogP contribution is -2.52. The van der Waals surface area contributed by atoms with Gasteiger partial charge in [-0.2, -0.15) is 0 Å². The third-order valence-corrected chi connectivity index (χ3v) is 3.95. The van der Waals surface area contributed by atoms with E-state index in [2.05, 4.69) is 0 Å². The molecule has 4 nitrogen and oxygen atoms in total. The first-order valence-corrected chi connectivity index (χ1v) is 7.32. The lowest BCUT2D eigenvalue weighted by molar-refractivity contribution is -0.136. The molecule has 1 amide bonds. The minimum atomic E-state index is -0.657. The first-order valence-electron chi connectivity index (χ1n) is 7.32. The van der Waals surface area contributed by atoms with Gasteiger partial charge in [-0.15, -0.1) is 0 Å². The van der Waals surface area contributed by atoms with Crippen LogP contribution in [0.4, 0.5) is 0 Å². The lowest BCUT2D eigenvalue weighted by Gasteiger charge is -2.29. The maximum absolute atomic E-state index is 12.5. The Labute approximate surface area is 120 Å². The number of hydrogen-bond acceptors (Lipinski definition) is 3. The van der Waals surface area contributed by atoms with Gasteiger partial charge < -0.3 is 15.4 Å². The van der Waals surface area contributed by atoms with E-state index in [1.165, 1.54) is 0 Å². The molecule has 0 aliphatic heterocycles. The van der Waals surface area contributed by atoms with E-state index in [-0.39, 0.29) is 5.91 Å². The second-order valence-electron chi connectivity index (χ2n) is 5.57. The van der Waals surface area contributed by atoms with Crippen molar-refractivity contribution in [1.29, 1.82) is 0 Å². The molecule has 1 fully saturated rings. The molecule has 0 heterocycles. The van der Waals surface area contributed by atoms with Crippen molar-refractivity contribution in [1.82, 2.24) is 4.90 Å². The van der Waals surface area contributed by atoms with E-state index in [0.717, 1.165) is 37.0 Å². The van der Waals surface area contributed by atoms with Crippen LogP contribution in [0.1, 0.15) is 38.2 Å². The molecule has 0 atom stereocenters. The number of carbonyl (C=O) groups excluding carboxylic acids is 1. The number of nitrogens with two attached hydrogens (primary N) is 1. The zero-order chi connectivity index (χ0) is 14.6. The van der Waals surface area contributed by atoms with E-state index in [1.807, 2.05) is 38.2 Å². The molecule has 110 valence electrons. The van der Waals surface area contributed by atoms with Gasteiger partial charge in [0, 0.05) is 19.2 Å². The third kappa shape index (κ3) is 3.12. The summed E-state index contributed by atoms with van der Waals surface area (Å²) in [5.74, 6) is 0.883. The van der Waals surface area contributed by atoms with E-state index in [4.69, 9.17) is 10.5 Å². The average Bonchev–Trinajstić information content (AvgIpc) is 2.88. The average molecular weight is 276 g/mol. The Morgan fingerprint density at radius 2 is 2.00 bits per heavy atom. The molecule has 0 aromatic heterocycles. The summed E-state index contributed by atoms with van der Waals surface area (Å²) in [7, 11) is 1.82. The van der Waals surface area contributed by atoms with Crippen LogP contribution in [-0.4, -0.2) is 30.0 Å². The summed E-state index contributed by atoms with van der Waals surface area (Å²) < 4.78 is 5.60. The van der Waals surface area contributed by atoms with E-state index in [1.54, 1.807) is 4.90 Å². The normalized spacial score (nSPS) is 16.9. The number of ether oxygens (including phenoxy) is 1. The number of nitrogens with zero attached hydrogens (tertiary/aromatic N) is 1. The van der Waals surface area contributed by atoms with Crippen LogP contribution in [0.15, 0.2) is 24.3 Å². The summed E-state index contributed by atoms with van der Waals surface area (Å²) in [6, 6.07) is 7.83. The fraction of sp³-hybridized carbons (Fsp3) is 0.562. The molecule has 0 radical (unpaired) electrons. The van der Waals surface area contributed by atoms with Crippen LogP contribution >= 0.6 is 0 Å². The summed E-state index contributed by atoms with van der Waals surface area (Å²) in [4.78, 5) is 14.2. The second kappa shape index (κ2) is 6.27. The van der Waals surface area contributed by atoms with Crippen LogP contribution in [0.5, 0.6) is 5.75 Å². The lowest BCUT2D eigenvalue weighted by atomic mass is 9.97. The van der Waals surface area contributed by atoms with Crippen molar-refractivity contribution in [2.45, 2.75) is 44.7 Å². The van der Waals surface area contributed by atoms with Gasteiger partial charge in [-0.25, -0.2) is 0 Å². The highest BCUT2D eigenvalue weighted by atomic mass is 16.5. The van der Waals surface area contributed by atoms with E-state index in [9.17, 15) is 4.79 Å². The second-order valence-corrected chi connectivity index (χ2v) is 5.57. The summed E-state index contributed by atoms with van der Waals surface area (Å²) in [6.45, 7) is 3.11. The van der Waals surface area contributed by atoms with Crippen LogP contribution in [-0.2, 0) is 11.3 Å². The van der Waals surface area contributed by atoms with Crippen molar-refractivity contribution in [2.75, 3.05) is 13.7 Å². The van der Waals surface area contributed by atoms with Gasteiger partial charge in [0.05, 0.1) is 12.1 Å². The minimum absolute atomic E-state index is 0.0429. The van der Waals surface area contributed by atoms with Gasteiger partial charge in [-0.05, 0) is 25.8 Å². The fourth-order valence-corrected chi connectivity index (χ4v) is 2.86. The number of rotatable bonds is 5. The van der Waals surface area contributed by atoms with E-state index >= 15 is 0 Å². The summed E-state index contributed by atoms with van der Waals surface area (Å²) in [5.41, 5.74) is 6.59. The van der Waals surface area contributed by atoms with Crippen LogP contribution in [0.3, 0.4) is 0 Å². The molecule has 2 N–H and O–H groups in total. The number of benzene rings is 1. The predicted octanol–water partition coefficient (Wildman–Crippen LogP) is 2.32. The quantitative estimate of drug-likeness (QED) is 0.898. The molecular formula is C16H24N2O2. The number of para-hydroxylation sites is 1. The zero-order valence-electron chi connectivity index (χ0n) is 12.4. The SMILES string of the molecule is CCOc1ccccc1CN(C)C(=O)C1(N)CCCC1. The van der Waals surface area contributed by atoms with Gasteiger partial charge in [0.15, 0.2) is 0 Å². The molecule has 0 unspecified atom stereocenters. The highest BCUT2D eigenvalue weighted by Gasteiger charge is 2.38. The van der Waals surface area contributed by atoms with Crippen molar-refractivity contribution in [3.8, 4) is 5.75 Å². The first-order chi connectivity index (χ1) is 9.57. The van der Waals surface area contributed by atoms with Crippen LogP contribution in [0, 0.1) is 0 Å². The molecule has 1 aromatic carbocycles. The molecule has 20 heavy (non-hydrogen) atoms. The molecule has 1 aliphatic rings. The van der Waals surface area contributed by atoms with Crippen LogP contribution in [0.25, 0.3) is 0 Å². The molecule has 1 aliphatic carbocycles. The molecule has 0 spiro atoms.